The Balaban J connectivity index is 1.68. The molecule has 0 bridgehead atoms. The van der Waals surface area contributed by atoms with E-state index in [4.69, 9.17) is 19.2 Å². The van der Waals surface area contributed by atoms with Crippen LogP contribution in [0.5, 0.6) is 5.75 Å². The lowest BCUT2D eigenvalue weighted by molar-refractivity contribution is -0.0817. The number of benzene rings is 1. The van der Waals surface area contributed by atoms with Crippen LogP contribution < -0.4 is 10.1 Å². The Morgan fingerprint density at radius 2 is 2.19 bits per heavy atom. The molecule has 0 radical (unpaired) electrons. The molecule has 6 nitrogen and oxygen atoms in total. The zero-order valence-corrected chi connectivity index (χ0v) is 16.2. The third-order valence-corrected chi connectivity index (χ3v) is 4.84. The van der Waals surface area contributed by atoms with E-state index in [1.54, 1.807) is 6.08 Å². The van der Waals surface area contributed by atoms with Gasteiger partial charge in [-0.1, -0.05) is 30.9 Å². The first kappa shape index (κ1) is 19.7. The monoisotopic (exact) mass is 373 g/mol. The lowest BCUT2D eigenvalue weighted by atomic mass is 10.1. The summed E-state index contributed by atoms with van der Waals surface area (Å²) in [5, 5.41) is 3.42. The molecule has 2 aliphatic heterocycles. The number of rotatable bonds is 7. The van der Waals surface area contributed by atoms with Crippen molar-refractivity contribution in [2.45, 2.75) is 38.5 Å². The molecule has 1 N–H and O–H groups in total. The minimum atomic E-state index is 0.119. The van der Waals surface area contributed by atoms with Crippen molar-refractivity contribution in [1.29, 1.82) is 0 Å². The van der Waals surface area contributed by atoms with Crippen LogP contribution >= 0.6 is 0 Å². The molecule has 27 heavy (non-hydrogen) atoms. The van der Waals surface area contributed by atoms with Crippen molar-refractivity contribution in [2.75, 3.05) is 39.5 Å². The molecule has 2 saturated heterocycles. The second-order valence-corrected chi connectivity index (χ2v) is 6.78. The van der Waals surface area contributed by atoms with E-state index in [1.807, 2.05) is 18.2 Å². The number of para-hydroxylation sites is 1. The molecule has 0 saturated carbocycles. The lowest BCUT2D eigenvalue weighted by Gasteiger charge is -2.37. The number of guanidine groups is 1. The molecule has 3 rings (SSSR count). The summed E-state index contributed by atoms with van der Waals surface area (Å²) < 4.78 is 17.5. The molecule has 0 spiro atoms. The lowest BCUT2D eigenvalue weighted by Crippen LogP contribution is -2.53. The standard InChI is InChI=1S/C21H31N3O3/c1-3-12-25-18-9-6-5-8-17(18)15-23-21(22-4-2)24-11-14-27-20(16-24)19-10-7-13-26-19/h3,5-6,8-9,19-20H,1,4,7,10-16H2,2H3,(H,22,23). The van der Waals surface area contributed by atoms with Crippen molar-refractivity contribution < 1.29 is 14.2 Å². The highest BCUT2D eigenvalue weighted by Gasteiger charge is 2.32. The van der Waals surface area contributed by atoms with Gasteiger partial charge in [0.15, 0.2) is 5.96 Å². The molecular weight excluding hydrogens is 342 g/mol. The Labute approximate surface area is 162 Å². The maximum Gasteiger partial charge on any atom is 0.194 e. The number of aliphatic imine (C=N–C) groups is 1. The largest absolute Gasteiger partial charge is 0.489 e. The highest BCUT2D eigenvalue weighted by molar-refractivity contribution is 5.80. The fourth-order valence-corrected chi connectivity index (χ4v) is 3.50. The van der Waals surface area contributed by atoms with Crippen molar-refractivity contribution in [2.24, 2.45) is 4.99 Å². The Hall–Kier alpha value is -2.05. The van der Waals surface area contributed by atoms with Crippen LogP contribution in [0.2, 0.25) is 0 Å². The SMILES string of the molecule is C=CCOc1ccccc1CN=C(NCC)N1CCOC(C2CCCO2)C1. The second kappa shape index (κ2) is 10.3. The molecule has 1 aromatic rings. The van der Waals surface area contributed by atoms with Gasteiger partial charge in [-0.2, -0.15) is 0 Å². The smallest absolute Gasteiger partial charge is 0.194 e. The van der Waals surface area contributed by atoms with Gasteiger partial charge >= 0.3 is 0 Å². The van der Waals surface area contributed by atoms with Gasteiger partial charge in [0.25, 0.3) is 0 Å². The molecule has 2 unspecified atom stereocenters. The average Bonchev–Trinajstić information content (AvgIpc) is 3.25. The van der Waals surface area contributed by atoms with E-state index in [0.29, 0.717) is 19.8 Å². The van der Waals surface area contributed by atoms with Crippen molar-refractivity contribution in [3.8, 4) is 5.75 Å². The van der Waals surface area contributed by atoms with Crippen molar-refractivity contribution in [3.05, 3.63) is 42.5 Å². The van der Waals surface area contributed by atoms with Gasteiger partial charge in [-0.05, 0) is 25.8 Å². The Morgan fingerprint density at radius 1 is 1.33 bits per heavy atom. The molecular formula is C21H31N3O3. The predicted molar refractivity (Wildman–Crippen MR) is 107 cm³/mol. The van der Waals surface area contributed by atoms with Gasteiger partial charge in [-0.25, -0.2) is 4.99 Å². The van der Waals surface area contributed by atoms with Gasteiger partial charge in [0.1, 0.15) is 18.5 Å². The maximum absolute atomic E-state index is 5.97. The molecule has 2 aliphatic rings. The summed E-state index contributed by atoms with van der Waals surface area (Å²) in [7, 11) is 0. The van der Waals surface area contributed by atoms with Crippen LogP contribution in [-0.2, 0) is 16.0 Å². The quantitative estimate of drug-likeness (QED) is 0.452. The van der Waals surface area contributed by atoms with Gasteiger partial charge in [0.05, 0.1) is 19.3 Å². The molecule has 0 aromatic heterocycles. The number of hydrogen-bond acceptors (Lipinski definition) is 4. The van der Waals surface area contributed by atoms with E-state index in [0.717, 1.165) is 56.4 Å². The predicted octanol–water partition coefficient (Wildman–Crippen LogP) is 2.60. The summed E-state index contributed by atoms with van der Waals surface area (Å²) >= 11 is 0. The van der Waals surface area contributed by atoms with Crippen molar-refractivity contribution in [1.82, 2.24) is 10.2 Å². The van der Waals surface area contributed by atoms with E-state index in [2.05, 4.69) is 29.8 Å². The first-order valence-corrected chi connectivity index (χ1v) is 9.90. The maximum atomic E-state index is 5.97. The number of nitrogens with one attached hydrogen (secondary N) is 1. The number of ether oxygens (including phenoxy) is 3. The summed E-state index contributed by atoms with van der Waals surface area (Å²) in [5.74, 6) is 1.78. The summed E-state index contributed by atoms with van der Waals surface area (Å²) in [6.45, 7) is 10.9. The normalized spacial score (nSPS) is 23.3. The molecule has 0 amide bonds. The summed E-state index contributed by atoms with van der Waals surface area (Å²) in [5.41, 5.74) is 1.07. The number of nitrogens with zero attached hydrogens (tertiary/aromatic N) is 2. The fourth-order valence-electron chi connectivity index (χ4n) is 3.50. The van der Waals surface area contributed by atoms with E-state index in [1.165, 1.54) is 0 Å². The van der Waals surface area contributed by atoms with Crippen LogP contribution in [-0.4, -0.2) is 62.5 Å². The second-order valence-electron chi connectivity index (χ2n) is 6.78. The minimum Gasteiger partial charge on any atom is -0.489 e. The third kappa shape index (κ3) is 5.47. The number of hydrogen-bond donors (Lipinski definition) is 1. The van der Waals surface area contributed by atoms with E-state index >= 15 is 0 Å². The van der Waals surface area contributed by atoms with Crippen LogP contribution in [0.1, 0.15) is 25.3 Å². The molecule has 0 aliphatic carbocycles. The Bertz CT molecular complexity index is 629. The van der Waals surface area contributed by atoms with Crippen LogP contribution in [0, 0.1) is 0 Å². The van der Waals surface area contributed by atoms with Crippen LogP contribution in [0.4, 0.5) is 0 Å². The van der Waals surface area contributed by atoms with Gasteiger partial charge in [0, 0.05) is 31.8 Å². The van der Waals surface area contributed by atoms with Crippen LogP contribution in [0.15, 0.2) is 41.9 Å². The van der Waals surface area contributed by atoms with Gasteiger partial charge in [-0.15, -0.1) is 0 Å². The first-order chi connectivity index (χ1) is 13.3. The summed E-state index contributed by atoms with van der Waals surface area (Å²) in [6, 6.07) is 8.02. The highest BCUT2D eigenvalue weighted by Crippen LogP contribution is 2.22. The summed E-state index contributed by atoms with van der Waals surface area (Å²) in [4.78, 5) is 7.15. The fraction of sp³-hybridized carbons (Fsp3) is 0.571. The molecule has 2 atom stereocenters. The third-order valence-electron chi connectivity index (χ3n) is 4.84. The molecule has 148 valence electrons. The van der Waals surface area contributed by atoms with E-state index in [9.17, 15) is 0 Å². The zero-order valence-electron chi connectivity index (χ0n) is 16.2. The van der Waals surface area contributed by atoms with Crippen LogP contribution in [0.25, 0.3) is 0 Å². The van der Waals surface area contributed by atoms with E-state index < -0.39 is 0 Å². The molecule has 2 fully saturated rings. The average molecular weight is 373 g/mol. The zero-order chi connectivity index (χ0) is 18.9. The van der Waals surface area contributed by atoms with Gasteiger partial charge < -0.3 is 24.4 Å². The molecule has 1 aromatic carbocycles. The van der Waals surface area contributed by atoms with Gasteiger partial charge in [-0.3, -0.25) is 0 Å². The Kier molecular flexibility index (Phi) is 7.54. The number of morpholine rings is 1. The Morgan fingerprint density at radius 3 is 2.96 bits per heavy atom. The first-order valence-electron chi connectivity index (χ1n) is 9.90. The molecule has 2 heterocycles. The summed E-state index contributed by atoms with van der Waals surface area (Å²) in [6.07, 6.45) is 4.29. The van der Waals surface area contributed by atoms with Crippen molar-refractivity contribution in [3.63, 3.8) is 0 Å². The highest BCUT2D eigenvalue weighted by atomic mass is 16.5. The topological polar surface area (TPSA) is 55.3 Å². The minimum absolute atomic E-state index is 0.119. The van der Waals surface area contributed by atoms with E-state index in [-0.39, 0.29) is 12.2 Å². The van der Waals surface area contributed by atoms with Gasteiger partial charge in [0.2, 0.25) is 0 Å². The van der Waals surface area contributed by atoms with Crippen LogP contribution in [0.3, 0.4) is 0 Å². The van der Waals surface area contributed by atoms with Crippen molar-refractivity contribution >= 4 is 5.96 Å². The molecule has 6 heteroatoms.